The lowest BCUT2D eigenvalue weighted by molar-refractivity contribution is -0.0589. The van der Waals surface area contributed by atoms with Crippen molar-refractivity contribution in [3.05, 3.63) is 22.6 Å². The van der Waals surface area contributed by atoms with Crippen molar-refractivity contribution in [3.63, 3.8) is 0 Å². The molecule has 1 unspecified atom stereocenters. The molecule has 216 valence electrons. The zero-order chi connectivity index (χ0) is 28.8. The van der Waals surface area contributed by atoms with Crippen molar-refractivity contribution in [1.82, 2.24) is 20.5 Å². The smallest absolute Gasteiger partial charge is 0.408 e. The predicted molar refractivity (Wildman–Crippen MR) is 143 cm³/mol. The molecule has 3 N–H and O–H groups in total. The van der Waals surface area contributed by atoms with Crippen LogP contribution in [0.15, 0.2) is 17.7 Å². The topological polar surface area (TPSA) is 122 Å². The average Bonchev–Trinajstić information content (AvgIpc) is 3.32. The van der Waals surface area contributed by atoms with E-state index in [1.54, 1.807) is 26.7 Å². The minimum absolute atomic E-state index is 0.00400. The summed E-state index contributed by atoms with van der Waals surface area (Å²) in [5.41, 5.74) is -0.617. The number of anilines is 1. The standard InChI is InChI=1S/C26H37F2N5O5S/c1-16-6-8-17(9-7-16)22(32-24(36)38-25(2,3)4)18(11-34)31-23-29-10-20(39-23)19(13-37-5)33-15-26(27,28)14-30-21(33)12-35/h10,16-17,19,22,30H,6-9,13-15H2,1-5H3,(H,29,31)(H,32,36)/t16?,17?,19?,22-/m0/s1. The number of nitrogens with zero attached hydrogens (tertiary/aromatic N) is 2. The Labute approximate surface area is 231 Å². The molecular weight excluding hydrogens is 532 g/mol. The van der Waals surface area contributed by atoms with E-state index in [9.17, 15) is 23.2 Å². The number of thiazole rings is 1. The first kappa shape index (κ1) is 30.6. The van der Waals surface area contributed by atoms with Gasteiger partial charge in [0.15, 0.2) is 16.9 Å². The van der Waals surface area contributed by atoms with Gasteiger partial charge in [-0.2, -0.15) is 0 Å². The molecular formula is C26H37F2N5O5S. The number of aromatic nitrogens is 1. The highest BCUT2D eigenvalue weighted by Gasteiger charge is 2.41. The second-order valence-corrected chi connectivity index (χ2v) is 12.2. The van der Waals surface area contributed by atoms with Crippen LogP contribution in [0.3, 0.4) is 0 Å². The number of ether oxygens (including phenoxy) is 2. The van der Waals surface area contributed by atoms with Gasteiger partial charge in [0.05, 0.1) is 36.7 Å². The van der Waals surface area contributed by atoms with E-state index in [2.05, 4.69) is 27.9 Å². The van der Waals surface area contributed by atoms with E-state index in [-0.39, 0.29) is 24.0 Å². The van der Waals surface area contributed by atoms with E-state index in [0.29, 0.717) is 15.9 Å². The van der Waals surface area contributed by atoms with Crippen LogP contribution < -0.4 is 16.0 Å². The molecule has 0 aromatic carbocycles. The highest BCUT2D eigenvalue weighted by molar-refractivity contribution is 7.15. The third kappa shape index (κ3) is 8.50. The Morgan fingerprint density at radius 2 is 2.00 bits per heavy atom. The summed E-state index contributed by atoms with van der Waals surface area (Å²) in [6.07, 6.45) is 4.38. The third-order valence-corrected chi connectivity index (χ3v) is 7.73. The number of nitrogens with one attached hydrogen (secondary N) is 3. The number of alkyl carbamates (subject to hydrolysis) is 1. The first-order chi connectivity index (χ1) is 18.4. The van der Waals surface area contributed by atoms with Gasteiger partial charge in [-0.15, -0.1) is 0 Å². The van der Waals surface area contributed by atoms with Crippen LogP contribution in [-0.2, 0) is 19.1 Å². The van der Waals surface area contributed by atoms with Crippen molar-refractivity contribution < 1.29 is 32.6 Å². The Balaban J connectivity index is 1.84. The highest BCUT2D eigenvalue weighted by Crippen LogP contribution is 2.36. The van der Waals surface area contributed by atoms with Crippen LogP contribution in [0.25, 0.3) is 0 Å². The summed E-state index contributed by atoms with van der Waals surface area (Å²) in [5.74, 6) is 1.01. The Morgan fingerprint density at radius 1 is 1.31 bits per heavy atom. The molecule has 0 bridgehead atoms. The number of alkyl halides is 2. The molecule has 1 aromatic heterocycles. The Morgan fingerprint density at radius 3 is 2.59 bits per heavy atom. The van der Waals surface area contributed by atoms with Crippen molar-refractivity contribution in [1.29, 1.82) is 0 Å². The molecule has 1 aromatic rings. The van der Waals surface area contributed by atoms with Crippen LogP contribution in [0.2, 0.25) is 0 Å². The summed E-state index contributed by atoms with van der Waals surface area (Å²) in [6, 6.07) is -1.43. The number of halogens is 2. The molecule has 39 heavy (non-hydrogen) atoms. The molecule has 0 spiro atoms. The number of rotatable bonds is 9. The van der Waals surface area contributed by atoms with E-state index >= 15 is 0 Å². The zero-order valence-corrected chi connectivity index (χ0v) is 23.8. The summed E-state index contributed by atoms with van der Waals surface area (Å²) < 4.78 is 39.1. The van der Waals surface area contributed by atoms with Crippen molar-refractivity contribution in [2.75, 3.05) is 32.1 Å². The maximum atomic E-state index is 14.2. The Hall–Kier alpha value is -2.98. The van der Waals surface area contributed by atoms with Gasteiger partial charge < -0.3 is 30.3 Å². The van der Waals surface area contributed by atoms with Crippen LogP contribution in [0, 0.1) is 11.8 Å². The first-order valence-corrected chi connectivity index (χ1v) is 13.8. The lowest BCUT2D eigenvalue weighted by Crippen LogP contribution is -2.53. The summed E-state index contributed by atoms with van der Waals surface area (Å²) in [6.45, 7) is 6.09. The first-order valence-electron chi connectivity index (χ1n) is 13.0. The Kier molecular flexibility index (Phi) is 10.1. The second kappa shape index (κ2) is 12.9. The van der Waals surface area contributed by atoms with Gasteiger partial charge in [-0.1, -0.05) is 31.1 Å². The fraction of sp³-hybridized carbons (Fsp3) is 0.692. The van der Waals surface area contributed by atoms with E-state index in [0.717, 1.165) is 37.0 Å². The molecule has 2 atom stereocenters. The van der Waals surface area contributed by atoms with E-state index in [1.165, 1.54) is 18.2 Å². The Bertz CT molecular complexity index is 1100. The summed E-state index contributed by atoms with van der Waals surface area (Å²) in [4.78, 5) is 42.4. The molecule has 1 amide bonds. The fourth-order valence-corrected chi connectivity index (χ4v) is 5.73. The lowest BCUT2D eigenvalue weighted by atomic mass is 9.78. The zero-order valence-electron chi connectivity index (χ0n) is 22.9. The van der Waals surface area contributed by atoms with Gasteiger partial charge in [-0.3, -0.25) is 0 Å². The molecule has 1 aliphatic carbocycles. The predicted octanol–water partition coefficient (Wildman–Crippen LogP) is 3.89. The minimum atomic E-state index is -3.07. The van der Waals surface area contributed by atoms with Gasteiger partial charge in [-0.25, -0.2) is 28.1 Å². The molecule has 10 nitrogen and oxygen atoms in total. The van der Waals surface area contributed by atoms with Crippen LogP contribution >= 0.6 is 11.3 Å². The van der Waals surface area contributed by atoms with Crippen molar-refractivity contribution in [2.45, 2.75) is 77.0 Å². The minimum Gasteiger partial charge on any atom is -0.444 e. The number of methoxy groups -OCH3 is 1. The van der Waals surface area contributed by atoms with Gasteiger partial charge >= 0.3 is 6.09 Å². The van der Waals surface area contributed by atoms with Crippen molar-refractivity contribution in [3.8, 4) is 0 Å². The van der Waals surface area contributed by atoms with Crippen LogP contribution in [0.1, 0.15) is 64.3 Å². The quantitative estimate of drug-likeness (QED) is 0.380. The van der Waals surface area contributed by atoms with E-state index in [4.69, 9.17) is 9.47 Å². The van der Waals surface area contributed by atoms with E-state index < -0.39 is 42.8 Å². The van der Waals surface area contributed by atoms with E-state index in [1.807, 2.05) is 5.94 Å². The van der Waals surface area contributed by atoms with Crippen LogP contribution in [0.4, 0.5) is 18.7 Å². The molecule has 1 aliphatic heterocycles. The normalized spacial score (nSPS) is 22.5. The monoisotopic (exact) mass is 569 g/mol. The fourth-order valence-electron chi connectivity index (χ4n) is 4.80. The highest BCUT2D eigenvalue weighted by atomic mass is 32.1. The van der Waals surface area contributed by atoms with Gasteiger partial charge in [0.1, 0.15) is 17.2 Å². The number of hydrogen-bond donors (Lipinski definition) is 3. The number of hydrogen-bond acceptors (Lipinski definition) is 10. The van der Waals surface area contributed by atoms with Gasteiger partial charge in [0, 0.05) is 13.3 Å². The molecule has 3 rings (SSSR count). The van der Waals surface area contributed by atoms with Crippen molar-refractivity contribution in [2.24, 2.45) is 11.8 Å². The number of amides is 1. The third-order valence-electron chi connectivity index (χ3n) is 6.72. The second-order valence-electron chi connectivity index (χ2n) is 11.1. The molecule has 2 heterocycles. The van der Waals surface area contributed by atoms with Gasteiger partial charge in [0.25, 0.3) is 5.92 Å². The lowest BCUT2D eigenvalue weighted by Gasteiger charge is -2.39. The molecule has 1 saturated heterocycles. The number of carbonyl (C=O) groups excluding carboxylic acids is 3. The molecule has 2 aliphatic rings. The van der Waals surface area contributed by atoms with Crippen LogP contribution in [0.5, 0.6) is 0 Å². The average molecular weight is 570 g/mol. The SMILES string of the molecule is COCC(c1cnc(NC(=C=O)[C@@H](NC(=O)OC(C)(C)C)C2CCC(C)CC2)s1)N1CC(F)(F)CNC1=C=O. The summed E-state index contributed by atoms with van der Waals surface area (Å²) >= 11 is 1.12. The molecule has 13 heteroatoms. The van der Waals surface area contributed by atoms with Crippen molar-refractivity contribution >= 4 is 34.4 Å². The largest absolute Gasteiger partial charge is 0.444 e. The maximum Gasteiger partial charge on any atom is 0.408 e. The molecule has 2 fully saturated rings. The summed E-state index contributed by atoms with van der Waals surface area (Å²) in [5, 5.41) is 8.56. The number of carbonyl (C=O) groups is 1. The molecule has 0 radical (unpaired) electrons. The maximum absolute atomic E-state index is 14.2. The van der Waals surface area contributed by atoms with Gasteiger partial charge in [-0.05, 0) is 45.4 Å². The van der Waals surface area contributed by atoms with Crippen LogP contribution in [-0.4, -0.2) is 72.2 Å². The molecule has 1 saturated carbocycles. The van der Waals surface area contributed by atoms with Gasteiger partial charge in [0.2, 0.25) is 0 Å². The summed E-state index contributed by atoms with van der Waals surface area (Å²) in [7, 11) is 1.43.